The lowest BCUT2D eigenvalue weighted by Gasteiger charge is -2.21. The van der Waals surface area contributed by atoms with Gasteiger partial charge in [-0.05, 0) is 18.9 Å². The number of hydrogen-bond donors (Lipinski definition) is 0. The van der Waals surface area contributed by atoms with Gasteiger partial charge in [0.1, 0.15) is 4.92 Å². The molecule has 17 heavy (non-hydrogen) atoms. The molecule has 2 rings (SSSR count). The molecule has 0 aliphatic carbocycles. The Morgan fingerprint density at radius 2 is 2.41 bits per heavy atom. The van der Waals surface area contributed by atoms with Crippen LogP contribution in [0.1, 0.15) is 23.4 Å². The topological polar surface area (TPSA) is 76.6 Å². The third-order valence-corrected chi connectivity index (χ3v) is 3.55. The maximum Gasteiger partial charge on any atom is 0.433 e. The Labute approximate surface area is 106 Å². The first kappa shape index (κ1) is 12.1. The van der Waals surface area contributed by atoms with Crippen LogP contribution < -0.4 is 0 Å². The molecular weight excluding hydrogens is 292 g/mol. The molecule has 1 fully saturated rings. The van der Waals surface area contributed by atoms with Crippen molar-refractivity contribution >= 4 is 27.7 Å². The summed E-state index contributed by atoms with van der Waals surface area (Å²) in [4.78, 5) is 23.5. The second kappa shape index (κ2) is 4.87. The molecule has 1 aromatic rings. The predicted octanol–water partition coefficient (Wildman–Crippen LogP) is 2.19. The van der Waals surface area contributed by atoms with E-state index in [9.17, 15) is 14.9 Å². The average molecular weight is 303 g/mol. The largest absolute Gasteiger partial charge is 0.433 e. The lowest BCUT2D eigenvalue weighted by Crippen LogP contribution is -2.36. The zero-order valence-corrected chi connectivity index (χ0v) is 10.6. The minimum Gasteiger partial charge on any atom is -0.395 e. The minimum absolute atomic E-state index is 0.0320. The number of alkyl halides is 1. The van der Waals surface area contributed by atoms with Crippen LogP contribution in [0.2, 0.25) is 0 Å². The third-order valence-electron chi connectivity index (χ3n) is 2.80. The van der Waals surface area contributed by atoms with Gasteiger partial charge in [0.25, 0.3) is 5.91 Å². The molecular formula is C10H11BrN2O4. The van der Waals surface area contributed by atoms with Crippen LogP contribution in [0.5, 0.6) is 0 Å². The highest BCUT2D eigenvalue weighted by Crippen LogP contribution is 2.24. The van der Waals surface area contributed by atoms with E-state index in [1.165, 1.54) is 12.1 Å². The van der Waals surface area contributed by atoms with E-state index >= 15 is 0 Å². The number of carbonyl (C=O) groups is 1. The van der Waals surface area contributed by atoms with E-state index in [4.69, 9.17) is 4.42 Å². The summed E-state index contributed by atoms with van der Waals surface area (Å²) in [6, 6.07) is 2.70. The average Bonchev–Trinajstić information content (AvgIpc) is 2.96. The van der Waals surface area contributed by atoms with E-state index in [0.717, 1.165) is 12.8 Å². The predicted molar refractivity (Wildman–Crippen MR) is 63.2 cm³/mol. The molecule has 0 N–H and O–H groups in total. The summed E-state index contributed by atoms with van der Waals surface area (Å²) in [5.74, 6) is -0.646. The molecule has 0 spiro atoms. The Hall–Kier alpha value is -1.37. The minimum atomic E-state index is -0.650. The summed E-state index contributed by atoms with van der Waals surface area (Å²) >= 11 is 3.35. The summed E-state index contributed by atoms with van der Waals surface area (Å²) < 4.78 is 4.91. The van der Waals surface area contributed by atoms with Gasteiger partial charge in [-0.3, -0.25) is 14.9 Å². The van der Waals surface area contributed by atoms with E-state index in [-0.39, 0.29) is 17.7 Å². The molecule has 0 aromatic carbocycles. The first-order valence-corrected chi connectivity index (χ1v) is 6.37. The van der Waals surface area contributed by atoms with E-state index in [1.807, 2.05) is 0 Å². The van der Waals surface area contributed by atoms with Gasteiger partial charge in [0.2, 0.25) is 0 Å². The van der Waals surface area contributed by atoms with Gasteiger partial charge < -0.3 is 9.32 Å². The van der Waals surface area contributed by atoms with Crippen LogP contribution in [0, 0.1) is 10.1 Å². The lowest BCUT2D eigenvalue weighted by atomic mass is 10.2. The van der Waals surface area contributed by atoms with E-state index in [1.54, 1.807) is 4.90 Å². The molecule has 2 heterocycles. The van der Waals surface area contributed by atoms with Crippen LogP contribution in [0.3, 0.4) is 0 Å². The number of furan rings is 1. The molecule has 1 atom stereocenters. The van der Waals surface area contributed by atoms with Gasteiger partial charge in [0, 0.05) is 17.9 Å². The van der Waals surface area contributed by atoms with Crippen molar-refractivity contribution in [3.05, 3.63) is 28.0 Å². The van der Waals surface area contributed by atoms with Gasteiger partial charge in [0.15, 0.2) is 5.76 Å². The molecule has 7 heteroatoms. The van der Waals surface area contributed by atoms with Gasteiger partial charge in [-0.25, -0.2) is 0 Å². The zero-order chi connectivity index (χ0) is 12.4. The summed E-state index contributed by atoms with van der Waals surface area (Å²) in [5, 5.41) is 11.2. The standard InChI is InChI=1S/C10H11BrN2O4/c11-6-7-2-1-5-12(7)10(14)8-3-4-9(17-8)13(15)16/h3-4,7H,1-2,5-6H2. The van der Waals surface area contributed by atoms with Crippen LogP contribution >= 0.6 is 15.9 Å². The van der Waals surface area contributed by atoms with E-state index in [0.29, 0.717) is 11.9 Å². The number of likely N-dealkylation sites (tertiary alicyclic amines) is 1. The molecule has 0 saturated carbocycles. The molecule has 1 amide bonds. The monoisotopic (exact) mass is 302 g/mol. The molecule has 1 saturated heterocycles. The van der Waals surface area contributed by atoms with Crippen LogP contribution in [-0.4, -0.2) is 33.6 Å². The Morgan fingerprint density at radius 1 is 1.65 bits per heavy atom. The number of nitro groups is 1. The smallest absolute Gasteiger partial charge is 0.395 e. The number of nitrogens with zero attached hydrogens (tertiary/aromatic N) is 2. The van der Waals surface area contributed by atoms with Crippen LogP contribution in [0.15, 0.2) is 16.5 Å². The molecule has 92 valence electrons. The normalized spacial score (nSPS) is 19.6. The fourth-order valence-electron chi connectivity index (χ4n) is 1.95. The van der Waals surface area contributed by atoms with Crippen LogP contribution in [0.25, 0.3) is 0 Å². The van der Waals surface area contributed by atoms with Gasteiger partial charge in [-0.15, -0.1) is 0 Å². The summed E-state index contributed by atoms with van der Waals surface area (Å²) in [7, 11) is 0. The van der Waals surface area contributed by atoms with Crippen molar-refractivity contribution in [2.24, 2.45) is 0 Å². The molecule has 0 radical (unpaired) electrons. The molecule has 1 aromatic heterocycles. The van der Waals surface area contributed by atoms with Gasteiger partial charge >= 0.3 is 5.88 Å². The van der Waals surface area contributed by atoms with Crippen molar-refractivity contribution in [3.63, 3.8) is 0 Å². The highest BCUT2D eigenvalue weighted by atomic mass is 79.9. The molecule has 1 aliphatic rings. The number of amides is 1. The highest BCUT2D eigenvalue weighted by molar-refractivity contribution is 9.09. The van der Waals surface area contributed by atoms with Crippen LogP contribution in [0.4, 0.5) is 5.88 Å². The molecule has 6 nitrogen and oxygen atoms in total. The Balaban J connectivity index is 2.16. The Kier molecular flexibility index (Phi) is 3.46. The number of hydrogen-bond acceptors (Lipinski definition) is 4. The van der Waals surface area contributed by atoms with Crippen molar-refractivity contribution in [1.29, 1.82) is 0 Å². The maximum absolute atomic E-state index is 12.0. The van der Waals surface area contributed by atoms with Crippen molar-refractivity contribution in [2.45, 2.75) is 18.9 Å². The Bertz CT molecular complexity index is 445. The quantitative estimate of drug-likeness (QED) is 0.487. The third kappa shape index (κ3) is 2.33. The fraction of sp³-hybridized carbons (Fsp3) is 0.500. The molecule has 1 aliphatic heterocycles. The van der Waals surface area contributed by atoms with E-state index in [2.05, 4.69) is 15.9 Å². The van der Waals surface area contributed by atoms with Crippen molar-refractivity contribution in [2.75, 3.05) is 11.9 Å². The van der Waals surface area contributed by atoms with Crippen molar-refractivity contribution in [1.82, 2.24) is 4.90 Å². The van der Waals surface area contributed by atoms with Crippen LogP contribution in [-0.2, 0) is 0 Å². The van der Waals surface area contributed by atoms with Gasteiger partial charge in [0.05, 0.1) is 6.07 Å². The summed E-state index contributed by atoms with van der Waals surface area (Å²) in [5.41, 5.74) is 0. The number of halogens is 1. The SMILES string of the molecule is O=C(c1ccc([N+](=O)[O-])o1)N1CCCC1CBr. The van der Waals surface area contributed by atoms with Crippen molar-refractivity contribution < 1.29 is 14.1 Å². The van der Waals surface area contributed by atoms with Gasteiger partial charge in [-0.1, -0.05) is 15.9 Å². The first-order chi connectivity index (χ1) is 8.13. The second-order valence-corrected chi connectivity index (χ2v) is 4.49. The van der Waals surface area contributed by atoms with Gasteiger partial charge in [-0.2, -0.15) is 0 Å². The second-order valence-electron chi connectivity index (χ2n) is 3.84. The fourth-order valence-corrected chi connectivity index (χ4v) is 2.62. The zero-order valence-electron chi connectivity index (χ0n) is 8.97. The highest BCUT2D eigenvalue weighted by Gasteiger charge is 2.31. The van der Waals surface area contributed by atoms with Crippen molar-refractivity contribution in [3.8, 4) is 0 Å². The molecule has 0 bridgehead atoms. The van der Waals surface area contributed by atoms with E-state index < -0.39 is 10.8 Å². The number of carbonyl (C=O) groups excluding carboxylic acids is 1. The lowest BCUT2D eigenvalue weighted by molar-refractivity contribution is -0.402. The Morgan fingerprint density at radius 3 is 3.00 bits per heavy atom. The number of rotatable bonds is 3. The molecule has 1 unspecified atom stereocenters. The first-order valence-electron chi connectivity index (χ1n) is 5.24. The summed E-state index contributed by atoms with van der Waals surface area (Å²) in [6.45, 7) is 0.670. The summed E-state index contributed by atoms with van der Waals surface area (Å²) in [6.07, 6.45) is 1.89. The maximum atomic E-state index is 12.0.